The second-order valence-corrected chi connectivity index (χ2v) is 7.26. The van der Waals surface area contributed by atoms with Crippen molar-refractivity contribution in [1.29, 1.82) is 0 Å². The molecule has 0 saturated carbocycles. The van der Waals surface area contributed by atoms with Crippen LogP contribution in [0.4, 0.5) is 11.6 Å². The molecule has 3 aromatic rings. The van der Waals surface area contributed by atoms with Gasteiger partial charge in [-0.15, -0.1) is 0 Å². The predicted molar refractivity (Wildman–Crippen MR) is 111 cm³/mol. The lowest BCUT2D eigenvalue weighted by Crippen LogP contribution is -2.47. The van der Waals surface area contributed by atoms with Crippen LogP contribution in [0.3, 0.4) is 0 Å². The monoisotopic (exact) mass is 382 g/mol. The molecule has 1 aliphatic heterocycles. The Morgan fingerprint density at radius 3 is 2.44 bits per heavy atom. The summed E-state index contributed by atoms with van der Waals surface area (Å²) in [6.45, 7) is 6.05. The molecule has 4 rings (SSSR count). The van der Waals surface area contributed by atoms with Crippen LogP contribution < -0.4 is 10.2 Å². The van der Waals surface area contributed by atoms with Gasteiger partial charge in [0.15, 0.2) is 0 Å². The summed E-state index contributed by atoms with van der Waals surface area (Å²) in [5, 5.41) is 4.79. The smallest absolute Gasteiger partial charge is 0.225 e. The minimum Gasteiger partial charge on any atom is -0.386 e. The topological polar surface area (TPSA) is 57.2 Å². The van der Waals surface area contributed by atoms with Crippen LogP contribution in [0.15, 0.2) is 42.9 Å². The van der Waals surface area contributed by atoms with E-state index >= 15 is 0 Å². The van der Waals surface area contributed by atoms with Gasteiger partial charge in [0.2, 0.25) is 5.95 Å². The quantitative estimate of drug-likeness (QED) is 0.744. The first-order valence-corrected chi connectivity index (χ1v) is 9.56. The molecule has 0 radical (unpaired) electrons. The highest BCUT2D eigenvalue weighted by Crippen LogP contribution is 2.26. The van der Waals surface area contributed by atoms with Crippen molar-refractivity contribution in [2.75, 3.05) is 43.4 Å². The number of nitrogens with one attached hydrogen (secondary N) is 1. The number of anilines is 2. The molecular weight excluding hydrogens is 360 g/mol. The largest absolute Gasteiger partial charge is 0.386 e. The van der Waals surface area contributed by atoms with Crippen LogP contribution in [0.25, 0.3) is 10.9 Å². The van der Waals surface area contributed by atoms with Gasteiger partial charge in [-0.2, -0.15) is 0 Å². The summed E-state index contributed by atoms with van der Waals surface area (Å²) in [6, 6.07) is 8.74. The molecule has 1 unspecified atom stereocenters. The molecule has 0 spiro atoms. The summed E-state index contributed by atoms with van der Waals surface area (Å²) >= 11 is 6.03. The number of fused-ring (bicyclic) bond motifs is 1. The van der Waals surface area contributed by atoms with E-state index in [0.717, 1.165) is 48.7 Å². The van der Waals surface area contributed by atoms with Gasteiger partial charge in [0.25, 0.3) is 0 Å². The Morgan fingerprint density at radius 1 is 1.00 bits per heavy atom. The van der Waals surface area contributed by atoms with Crippen molar-refractivity contribution in [2.45, 2.75) is 13.0 Å². The van der Waals surface area contributed by atoms with Crippen molar-refractivity contribution in [2.24, 2.45) is 0 Å². The fraction of sp³-hybridized carbons (Fsp3) is 0.350. The van der Waals surface area contributed by atoms with E-state index in [1.807, 2.05) is 25.5 Å². The number of hydrogen-bond donors (Lipinski definition) is 1. The number of halogens is 1. The first kappa shape index (κ1) is 17.9. The van der Waals surface area contributed by atoms with Gasteiger partial charge in [-0.1, -0.05) is 23.7 Å². The molecular formula is C20H23ClN6. The van der Waals surface area contributed by atoms with Crippen molar-refractivity contribution < 1.29 is 0 Å². The molecule has 1 fully saturated rings. The van der Waals surface area contributed by atoms with Crippen LogP contribution in [-0.2, 0) is 0 Å². The van der Waals surface area contributed by atoms with Gasteiger partial charge in [0, 0.05) is 50.9 Å². The molecule has 0 aliphatic carbocycles. The highest BCUT2D eigenvalue weighted by molar-refractivity contribution is 6.31. The fourth-order valence-corrected chi connectivity index (χ4v) is 3.67. The number of rotatable bonds is 4. The predicted octanol–water partition coefficient (Wildman–Crippen LogP) is 3.60. The van der Waals surface area contributed by atoms with E-state index in [1.165, 1.54) is 5.56 Å². The van der Waals surface area contributed by atoms with Crippen LogP contribution in [0, 0.1) is 0 Å². The highest BCUT2D eigenvalue weighted by atomic mass is 35.5. The number of aromatic nitrogens is 3. The van der Waals surface area contributed by atoms with Gasteiger partial charge in [-0.25, -0.2) is 9.97 Å². The molecule has 7 heteroatoms. The van der Waals surface area contributed by atoms with Gasteiger partial charge in [-0.05, 0) is 24.6 Å². The summed E-state index contributed by atoms with van der Waals surface area (Å²) < 4.78 is 0. The Hall–Kier alpha value is -2.44. The molecule has 27 heavy (non-hydrogen) atoms. The molecule has 2 aromatic heterocycles. The molecule has 1 atom stereocenters. The zero-order valence-corrected chi connectivity index (χ0v) is 16.3. The van der Waals surface area contributed by atoms with Crippen molar-refractivity contribution >= 4 is 34.1 Å². The van der Waals surface area contributed by atoms with Crippen molar-refractivity contribution in [3.8, 4) is 0 Å². The first-order valence-electron chi connectivity index (χ1n) is 9.18. The molecule has 3 heterocycles. The number of hydrogen-bond acceptors (Lipinski definition) is 6. The normalized spacial score (nSPS) is 16.5. The average molecular weight is 383 g/mol. The highest BCUT2D eigenvalue weighted by Gasteiger charge is 2.23. The summed E-state index contributed by atoms with van der Waals surface area (Å²) in [7, 11) is 1.87. The second-order valence-electron chi connectivity index (χ2n) is 6.83. The van der Waals surface area contributed by atoms with Gasteiger partial charge in [-0.3, -0.25) is 9.88 Å². The van der Waals surface area contributed by atoms with Gasteiger partial charge >= 0.3 is 0 Å². The molecule has 1 saturated heterocycles. The number of piperazine rings is 1. The van der Waals surface area contributed by atoms with E-state index < -0.39 is 0 Å². The molecule has 1 N–H and O–H groups in total. The lowest BCUT2D eigenvalue weighted by molar-refractivity contribution is 0.198. The van der Waals surface area contributed by atoms with Gasteiger partial charge in [0.1, 0.15) is 0 Å². The standard InChI is InChI=1S/C20H23ClN6/c1-14(15-3-4-16-9-17(21)11-23-19(16)10-15)26-5-7-27(8-6-26)20-24-12-18(22-2)13-25-20/h3-4,9-14,22H,5-8H2,1-2H3. The van der Waals surface area contributed by atoms with Crippen LogP contribution >= 0.6 is 11.6 Å². The lowest BCUT2D eigenvalue weighted by Gasteiger charge is -2.38. The minimum absolute atomic E-state index is 0.335. The fourth-order valence-electron chi connectivity index (χ4n) is 3.51. The summed E-state index contributed by atoms with van der Waals surface area (Å²) in [5.74, 6) is 0.799. The number of benzene rings is 1. The lowest BCUT2D eigenvalue weighted by atomic mass is 10.0. The Kier molecular flexibility index (Phi) is 5.09. The van der Waals surface area contributed by atoms with Crippen LogP contribution in [-0.4, -0.2) is 53.1 Å². The molecule has 6 nitrogen and oxygen atoms in total. The molecule has 0 bridgehead atoms. The third kappa shape index (κ3) is 3.82. The third-order valence-electron chi connectivity index (χ3n) is 5.23. The first-order chi connectivity index (χ1) is 13.1. The van der Waals surface area contributed by atoms with Gasteiger partial charge in [0.05, 0.1) is 28.6 Å². The summed E-state index contributed by atoms with van der Waals surface area (Å²) in [4.78, 5) is 18.1. The molecule has 140 valence electrons. The van der Waals surface area contributed by atoms with Crippen molar-refractivity contribution in [3.05, 3.63) is 53.4 Å². The maximum Gasteiger partial charge on any atom is 0.225 e. The Morgan fingerprint density at radius 2 is 1.74 bits per heavy atom. The Balaban J connectivity index is 1.43. The van der Waals surface area contributed by atoms with Crippen LogP contribution in [0.1, 0.15) is 18.5 Å². The molecule has 1 aromatic carbocycles. The van der Waals surface area contributed by atoms with Gasteiger partial charge < -0.3 is 10.2 Å². The Bertz CT molecular complexity index is 921. The average Bonchev–Trinajstić information content (AvgIpc) is 2.73. The second kappa shape index (κ2) is 7.66. The van der Waals surface area contributed by atoms with E-state index in [1.54, 1.807) is 6.20 Å². The van der Waals surface area contributed by atoms with E-state index in [4.69, 9.17) is 11.6 Å². The maximum absolute atomic E-state index is 6.03. The molecule has 0 amide bonds. The Labute approximate surface area is 164 Å². The zero-order valence-electron chi connectivity index (χ0n) is 15.6. The van der Waals surface area contributed by atoms with Crippen molar-refractivity contribution in [1.82, 2.24) is 19.9 Å². The van der Waals surface area contributed by atoms with E-state index in [2.05, 4.69) is 55.2 Å². The van der Waals surface area contributed by atoms with E-state index in [-0.39, 0.29) is 0 Å². The van der Waals surface area contributed by atoms with Crippen LogP contribution in [0.2, 0.25) is 5.02 Å². The number of nitrogens with zero attached hydrogens (tertiary/aromatic N) is 5. The zero-order chi connectivity index (χ0) is 18.8. The van der Waals surface area contributed by atoms with Crippen molar-refractivity contribution in [3.63, 3.8) is 0 Å². The molecule has 1 aliphatic rings. The third-order valence-corrected chi connectivity index (χ3v) is 5.44. The SMILES string of the molecule is CNc1cnc(N2CCN(C(C)c3ccc4cc(Cl)cnc4c3)CC2)nc1. The summed E-state index contributed by atoms with van der Waals surface area (Å²) in [6.07, 6.45) is 5.35. The van der Waals surface area contributed by atoms with E-state index in [9.17, 15) is 0 Å². The van der Waals surface area contributed by atoms with E-state index in [0.29, 0.717) is 11.1 Å². The van der Waals surface area contributed by atoms with Crippen LogP contribution in [0.5, 0.6) is 0 Å². The minimum atomic E-state index is 0.335. The maximum atomic E-state index is 6.03. The number of pyridine rings is 1. The summed E-state index contributed by atoms with van der Waals surface area (Å²) in [5.41, 5.74) is 3.19.